The van der Waals surface area contributed by atoms with E-state index in [-0.39, 0.29) is 11.5 Å². The van der Waals surface area contributed by atoms with Gasteiger partial charge in [0, 0.05) is 12.5 Å². The van der Waals surface area contributed by atoms with Crippen molar-refractivity contribution in [3.8, 4) is 0 Å². The first-order chi connectivity index (χ1) is 13.9. The van der Waals surface area contributed by atoms with Gasteiger partial charge in [0.25, 0.3) is 0 Å². The number of allylic oxidation sites excluding steroid dienone is 1. The Balaban J connectivity index is 1.46. The van der Waals surface area contributed by atoms with Crippen LogP contribution in [0.3, 0.4) is 0 Å². The Hall–Kier alpha value is -1.03. The van der Waals surface area contributed by atoms with Crippen molar-refractivity contribution in [1.82, 2.24) is 0 Å². The molecule has 3 saturated carbocycles. The summed E-state index contributed by atoms with van der Waals surface area (Å²) in [5, 5.41) is 0. The number of methoxy groups -OCH3 is 1. The van der Waals surface area contributed by atoms with E-state index in [1.165, 1.54) is 32.1 Å². The molecule has 29 heavy (non-hydrogen) atoms. The number of unbranched alkanes of at least 4 members (excludes halogenated alkanes) is 1. The van der Waals surface area contributed by atoms with Gasteiger partial charge >= 0.3 is 6.16 Å². The molecule has 0 radical (unpaired) electrons. The Labute approximate surface area is 176 Å². The summed E-state index contributed by atoms with van der Waals surface area (Å²) in [6.07, 6.45) is 15.0. The van der Waals surface area contributed by atoms with Crippen LogP contribution in [0.15, 0.2) is 12.2 Å². The first-order valence-corrected chi connectivity index (χ1v) is 12.0. The highest BCUT2D eigenvalue weighted by Gasteiger charge is 2.60. The zero-order valence-electron chi connectivity index (χ0n) is 18.8. The van der Waals surface area contributed by atoms with Crippen molar-refractivity contribution in [2.75, 3.05) is 13.7 Å². The van der Waals surface area contributed by atoms with Crippen molar-refractivity contribution < 1.29 is 19.0 Å². The van der Waals surface area contributed by atoms with Gasteiger partial charge in [0.05, 0.1) is 12.7 Å². The minimum atomic E-state index is -0.455. The molecule has 4 nitrogen and oxygen atoms in total. The lowest BCUT2D eigenvalue weighted by Crippen LogP contribution is -2.53. The molecule has 0 aliphatic heterocycles. The van der Waals surface area contributed by atoms with E-state index in [1.54, 1.807) is 0 Å². The summed E-state index contributed by atoms with van der Waals surface area (Å²) >= 11 is 0. The van der Waals surface area contributed by atoms with E-state index in [2.05, 4.69) is 32.9 Å². The molecule has 4 rings (SSSR count). The topological polar surface area (TPSA) is 44.8 Å². The predicted octanol–water partition coefficient (Wildman–Crippen LogP) is 6.14. The van der Waals surface area contributed by atoms with Gasteiger partial charge < -0.3 is 14.2 Å². The van der Waals surface area contributed by atoms with Gasteiger partial charge in [0.15, 0.2) is 0 Å². The molecule has 0 bridgehead atoms. The molecular formula is C25H40O4. The summed E-state index contributed by atoms with van der Waals surface area (Å²) in [7, 11) is 1.83. The van der Waals surface area contributed by atoms with Crippen molar-refractivity contribution in [2.24, 2.45) is 34.5 Å². The molecule has 0 aromatic rings. The first-order valence-electron chi connectivity index (χ1n) is 12.0. The normalized spacial score (nSPS) is 45.8. The highest BCUT2D eigenvalue weighted by molar-refractivity contribution is 5.60. The number of rotatable bonds is 5. The van der Waals surface area contributed by atoms with Crippen LogP contribution in [0.4, 0.5) is 4.79 Å². The standard InChI is InChI=1S/C25H40O4/c1-5-6-15-28-23(26)29-22-10-9-20-19-8-7-17-16-18(27-4)11-13-24(17,2)21(19)12-14-25(20,22)3/h11,13,17-22H,5-10,12,14-16H2,1-4H3/t17-,18-,19-,20-,21-,22-,24-,25-/m0/s1. The molecule has 4 heteroatoms. The molecule has 0 saturated heterocycles. The van der Waals surface area contributed by atoms with Gasteiger partial charge in [0.2, 0.25) is 0 Å². The van der Waals surface area contributed by atoms with Crippen LogP contribution in [0.2, 0.25) is 0 Å². The molecule has 3 fully saturated rings. The molecule has 0 unspecified atom stereocenters. The van der Waals surface area contributed by atoms with E-state index in [1.807, 2.05) is 7.11 Å². The Morgan fingerprint density at radius 3 is 2.69 bits per heavy atom. The van der Waals surface area contributed by atoms with E-state index in [0.717, 1.165) is 43.4 Å². The van der Waals surface area contributed by atoms with Crippen LogP contribution in [0.25, 0.3) is 0 Å². The molecule has 8 atom stereocenters. The van der Waals surface area contributed by atoms with E-state index in [4.69, 9.17) is 14.2 Å². The van der Waals surface area contributed by atoms with Crippen LogP contribution in [-0.4, -0.2) is 32.1 Å². The number of carbonyl (C=O) groups excluding carboxylic acids is 1. The van der Waals surface area contributed by atoms with Crippen LogP contribution < -0.4 is 0 Å². The van der Waals surface area contributed by atoms with Crippen molar-refractivity contribution in [2.45, 2.75) is 90.8 Å². The molecular weight excluding hydrogens is 364 g/mol. The van der Waals surface area contributed by atoms with E-state index in [0.29, 0.717) is 24.0 Å². The molecule has 0 spiro atoms. The van der Waals surface area contributed by atoms with Crippen molar-refractivity contribution in [1.29, 1.82) is 0 Å². The molecule has 0 amide bonds. The number of hydrogen-bond acceptors (Lipinski definition) is 4. The average molecular weight is 405 g/mol. The maximum Gasteiger partial charge on any atom is 0.508 e. The van der Waals surface area contributed by atoms with Gasteiger partial charge in [0.1, 0.15) is 6.10 Å². The number of carbonyl (C=O) groups is 1. The Morgan fingerprint density at radius 2 is 1.93 bits per heavy atom. The average Bonchev–Trinajstić information content (AvgIpc) is 3.04. The molecule has 0 heterocycles. The fourth-order valence-corrected chi connectivity index (χ4v) is 7.55. The molecule has 4 aliphatic carbocycles. The summed E-state index contributed by atoms with van der Waals surface area (Å²) in [6, 6.07) is 0. The van der Waals surface area contributed by atoms with Gasteiger partial charge in [-0.15, -0.1) is 0 Å². The molecule has 164 valence electrons. The fraction of sp³-hybridized carbons (Fsp3) is 0.880. The van der Waals surface area contributed by atoms with Crippen LogP contribution in [0, 0.1) is 34.5 Å². The third-order valence-electron chi connectivity index (χ3n) is 9.32. The van der Waals surface area contributed by atoms with Crippen molar-refractivity contribution in [3.05, 3.63) is 12.2 Å². The second-order valence-corrected chi connectivity index (χ2v) is 10.6. The molecule has 0 aromatic heterocycles. The third kappa shape index (κ3) is 3.64. The monoisotopic (exact) mass is 404 g/mol. The van der Waals surface area contributed by atoms with Gasteiger partial charge in [-0.3, -0.25) is 0 Å². The number of ether oxygens (including phenoxy) is 3. The minimum absolute atomic E-state index is 0.0212. The van der Waals surface area contributed by atoms with Gasteiger partial charge in [-0.2, -0.15) is 0 Å². The van der Waals surface area contributed by atoms with Crippen LogP contribution in [0.1, 0.15) is 78.6 Å². The Kier molecular flexibility index (Phi) is 6.03. The van der Waals surface area contributed by atoms with Gasteiger partial charge in [-0.05, 0) is 80.5 Å². The number of hydrogen-bond donors (Lipinski definition) is 0. The zero-order valence-corrected chi connectivity index (χ0v) is 18.8. The third-order valence-corrected chi connectivity index (χ3v) is 9.32. The molecule has 0 aromatic carbocycles. The lowest BCUT2D eigenvalue weighted by molar-refractivity contribution is -0.108. The van der Waals surface area contributed by atoms with Gasteiger partial charge in [-0.1, -0.05) is 39.3 Å². The van der Waals surface area contributed by atoms with Crippen molar-refractivity contribution in [3.63, 3.8) is 0 Å². The molecule has 0 N–H and O–H groups in total. The lowest BCUT2D eigenvalue weighted by Gasteiger charge is -2.59. The zero-order chi connectivity index (χ0) is 20.6. The summed E-state index contributed by atoms with van der Waals surface area (Å²) < 4.78 is 16.8. The van der Waals surface area contributed by atoms with Crippen LogP contribution in [0.5, 0.6) is 0 Å². The first kappa shape index (κ1) is 21.2. The predicted molar refractivity (Wildman–Crippen MR) is 114 cm³/mol. The van der Waals surface area contributed by atoms with Crippen LogP contribution in [-0.2, 0) is 14.2 Å². The maximum atomic E-state index is 12.2. The number of fused-ring (bicyclic) bond motifs is 5. The summed E-state index contributed by atoms with van der Waals surface area (Å²) in [5.74, 6) is 2.91. The maximum absolute atomic E-state index is 12.2. The van der Waals surface area contributed by atoms with E-state index < -0.39 is 6.16 Å². The van der Waals surface area contributed by atoms with Gasteiger partial charge in [-0.25, -0.2) is 4.79 Å². The lowest BCUT2D eigenvalue weighted by atomic mass is 9.46. The van der Waals surface area contributed by atoms with E-state index >= 15 is 0 Å². The van der Waals surface area contributed by atoms with Crippen LogP contribution >= 0.6 is 0 Å². The second kappa shape index (κ2) is 8.24. The van der Waals surface area contributed by atoms with E-state index in [9.17, 15) is 4.79 Å². The highest BCUT2D eigenvalue weighted by atomic mass is 16.7. The second-order valence-electron chi connectivity index (χ2n) is 10.6. The summed E-state index contributed by atoms with van der Waals surface area (Å²) in [5.41, 5.74) is 0.416. The summed E-state index contributed by atoms with van der Waals surface area (Å²) in [6.45, 7) is 7.47. The summed E-state index contributed by atoms with van der Waals surface area (Å²) in [4.78, 5) is 12.2. The Bertz CT molecular complexity index is 630. The van der Waals surface area contributed by atoms with Crippen molar-refractivity contribution >= 4 is 6.16 Å². The Morgan fingerprint density at radius 1 is 1.10 bits per heavy atom. The highest BCUT2D eigenvalue weighted by Crippen LogP contribution is 2.65. The fourth-order valence-electron chi connectivity index (χ4n) is 7.55. The minimum Gasteiger partial charge on any atom is -0.434 e. The SMILES string of the molecule is CCCCOC(=O)O[C@H]1CC[C@H]2[C@@H]3CC[C@H]4C[C@@H](OC)C=C[C@]4(C)[C@H]3CC[C@]12C. The molecule has 4 aliphatic rings. The quantitative estimate of drug-likeness (QED) is 0.313. The smallest absolute Gasteiger partial charge is 0.434 e. The largest absolute Gasteiger partial charge is 0.508 e.